The summed E-state index contributed by atoms with van der Waals surface area (Å²) in [5, 5.41) is 11.1. The standard InChI is InChI=1S/C18H26N2O4/c21-18(15-1-2-16-17(13-15)24-14-23-16)3-5-19(6-4-18)7-8-20-9-11-22-12-10-20/h1-2,13,21H,3-12,14H2. The molecule has 1 aromatic rings. The summed E-state index contributed by atoms with van der Waals surface area (Å²) in [6.07, 6.45) is 1.52. The lowest BCUT2D eigenvalue weighted by atomic mass is 9.84. The number of rotatable bonds is 4. The summed E-state index contributed by atoms with van der Waals surface area (Å²) in [6, 6.07) is 5.81. The minimum absolute atomic E-state index is 0.270. The fourth-order valence-corrected chi connectivity index (χ4v) is 3.73. The fraction of sp³-hybridized carbons (Fsp3) is 0.667. The molecule has 0 radical (unpaired) electrons. The molecule has 24 heavy (non-hydrogen) atoms. The van der Waals surface area contributed by atoms with Crippen LogP contribution in [-0.4, -0.2) is 74.2 Å². The second kappa shape index (κ2) is 6.88. The zero-order valence-corrected chi connectivity index (χ0v) is 14.1. The van der Waals surface area contributed by atoms with E-state index >= 15 is 0 Å². The summed E-state index contributed by atoms with van der Waals surface area (Å²) < 4.78 is 16.2. The van der Waals surface area contributed by atoms with Gasteiger partial charge >= 0.3 is 0 Å². The van der Waals surface area contributed by atoms with Gasteiger partial charge in [0.05, 0.1) is 18.8 Å². The van der Waals surface area contributed by atoms with E-state index in [2.05, 4.69) is 9.80 Å². The number of morpholine rings is 1. The largest absolute Gasteiger partial charge is 0.454 e. The molecule has 0 aliphatic carbocycles. The number of hydrogen-bond acceptors (Lipinski definition) is 6. The van der Waals surface area contributed by atoms with E-state index in [4.69, 9.17) is 14.2 Å². The van der Waals surface area contributed by atoms with E-state index in [-0.39, 0.29) is 6.79 Å². The number of ether oxygens (including phenoxy) is 3. The molecule has 4 rings (SSSR count). The Hall–Kier alpha value is -1.34. The third-order valence-electron chi connectivity index (χ3n) is 5.43. The van der Waals surface area contributed by atoms with Gasteiger partial charge in [-0.1, -0.05) is 6.07 Å². The predicted molar refractivity (Wildman–Crippen MR) is 89.4 cm³/mol. The van der Waals surface area contributed by atoms with Crippen molar-refractivity contribution in [1.82, 2.24) is 9.80 Å². The minimum atomic E-state index is -0.754. The van der Waals surface area contributed by atoms with Gasteiger partial charge in [-0.2, -0.15) is 0 Å². The van der Waals surface area contributed by atoms with Gasteiger partial charge in [-0.15, -0.1) is 0 Å². The molecule has 6 heteroatoms. The van der Waals surface area contributed by atoms with Crippen molar-refractivity contribution in [3.05, 3.63) is 23.8 Å². The van der Waals surface area contributed by atoms with Gasteiger partial charge < -0.3 is 24.2 Å². The van der Waals surface area contributed by atoms with Gasteiger partial charge in [0.2, 0.25) is 6.79 Å². The average Bonchev–Trinajstić information content (AvgIpc) is 3.10. The van der Waals surface area contributed by atoms with E-state index in [1.54, 1.807) is 0 Å². The first-order valence-electron chi connectivity index (χ1n) is 8.88. The maximum Gasteiger partial charge on any atom is 0.231 e. The molecule has 3 heterocycles. The van der Waals surface area contributed by atoms with E-state index < -0.39 is 5.60 Å². The number of aliphatic hydroxyl groups is 1. The molecular weight excluding hydrogens is 308 g/mol. The number of piperidine rings is 1. The Kier molecular flexibility index (Phi) is 4.63. The van der Waals surface area contributed by atoms with Crippen molar-refractivity contribution in [1.29, 1.82) is 0 Å². The molecule has 0 amide bonds. The molecule has 2 saturated heterocycles. The van der Waals surface area contributed by atoms with Crippen molar-refractivity contribution in [2.75, 3.05) is 59.3 Å². The monoisotopic (exact) mass is 334 g/mol. The number of hydrogen-bond donors (Lipinski definition) is 1. The van der Waals surface area contributed by atoms with Crippen LogP contribution in [-0.2, 0) is 10.3 Å². The van der Waals surface area contributed by atoms with Gasteiger partial charge in [0.1, 0.15) is 0 Å². The Morgan fingerprint density at radius 3 is 2.33 bits per heavy atom. The first-order valence-corrected chi connectivity index (χ1v) is 8.88. The van der Waals surface area contributed by atoms with Gasteiger partial charge in [0, 0.05) is 39.3 Å². The van der Waals surface area contributed by atoms with E-state index in [0.717, 1.165) is 82.4 Å². The molecule has 132 valence electrons. The highest BCUT2D eigenvalue weighted by Crippen LogP contribution is 2.39. The first kappa shape index (κ1) is 16.1. The summed E-state index contributed by atoms with van der Waals surface area (Å²) in [5.74, 6) is 1.51. The minimum Gasteiger partial charge on any atom is -0.454 e. The molecule has 0 atom stereocenters. The summed E-state index contributed by atoms with van der Waals surface area (Å²) in [6.45, 7) is 8.05. The summed E-state index contributed by atoms with van der Waals surface area (Å²) >= 11 is 0. The summed E-state index contributed by atoms with van der Waals surface area (Å²) in [7, 11) is 0. The quantitative estimate of drug-likeness (QED) is 0.888. The molecule has 0 aromatic heterocycles. The zero-order valence-electron chi connectivity index (χ0n) is 14.1. The van der Waals surface area contributed by atoms with E-state index in [9.17, 15) is 5.11 Å². The van der Waals surface area contributed by atoms with Crippen LogP contribution >= 0.6 is 0 Å². The molecular formula is C18H26N2O4. The lowest BCUT2D eigenvalue weighted by Gasteiger charge is -2.39. The molecule has 3 aliphatic heterocycles. The van der Waals surface area contributed by atoms with Crippen LogP contribution in [0.4, 0.5) is 0 Å². The highest BCUT2D eigenvalue weighted by molar-refractivity contribution is 5.46. The van der Waals surface area contributed by atoms with Crippen molar-refractivity contribution in [2.45, 2.75) is 18.4 Å². The normalized spacial score (nSPS) is 24.2. The Balaban J connectivity index is 1.31. The smallest absolute Gasteiger partial charge is 0.231 e. The molecule has 6 nitrogen and oxygen atoms in total. The molecule has 1 N–H and O–H groups in total. The zero-order chi connectivity index (χ0) is 16.4. The number of likely N-dealkylation sites (tertiary alicyclic amines) is 1. The van der Waals surface area contributed by atoms with Crippen molar-refractivity contribution >= 4 is 0 Å². The van der Waals surface area contributed by atoms with E-state index in [1.807, 2.05) is 18.2 Å². The van der Waals surface area contributed by atoms with E-state index in [0.29, 0.717) is 0 Å². The Morgan fingerprint density at radius 2 is 1.58 bits per heavy atom. The van der Waals surface area contributed by atoms with Crippen LogP contribution in [0.5, 0.6) is 11.5 Å². The number of nitrogens with zero attached hydrogens (tertiary/aromatic N) is 2. The lowest BCUT2D eigenvalue weighted by molar-refractivity contribution is -0.0298. The second-order valence-electron chi connectivity index (χ2n) is 6.90. The fourth-order valence-electron chi connectivity index (χ4n) is 3.73. The average molecular weight is 334 g/mol. The summed E-state index contributed by atoms with van der Waals surface area (Å²) in [4.78, 5) is 4.92. The molecule has 2 fully saturated rings. The molecule has 1 aromatic carbocycles. The van der Waals surface area contributed by atoms with Crippen LogP contribution in [0.2, 0.25) is 0 Å². The summed E-state index contributed by atoms with van der Waals surface area (Å²) in [5.41, 5.74) is 0.191. The van der Waals surface area contributed by atoms with E-state index in [1.165, 1.54) is 0 Å². The molecule has 0 bridgehead atoms. The third kappa shape index (κ3) is 3.37. The van der Waals surface area contributed by atoms with Gasteiger partial charge in [0.15, 0.2) is 11.5 Å². The topological polar surface area (TPSA) is 54.4 Å². The highest BCUT2D eigenvalue weighted by atomic mass is 16.7. The first-order chi connectivity index (χ1) is 11.7. The molecule has 0 unspecified atom stereocenters. The van der Waals surface area contributed by atoms with Gasteiger partial charge in [-0.25, -0.2) is 0 Å². The SMILES string of the molecule is OC1(c2ccc3c(c2)OCO3)CCN(CCN2CCOCC2)CC1. The van der Waals surface area contributed by atoms with Crippen molar-refractivity contribution in [3.63, 3.8) is 0 Å². The Bertz CT molecular complexity index is 566. The number of benzene rings is 1. The van der Waals surface area contributed by atoms with Crippen LogP contribution in [0.3, 0.4) is 0 Å². The Morgan fingerprint density at radius 1 is 0.917 bits per heavy atom. The van der Waals surface area contributed by atoms with Gasteiger partial charge in [-0.05, 0) is 30.5 Å². The van der Waals surface area contributed by atoms with Crippen molar-refractivity contribution in [2.24, 2.45) is 0 Å². The Labute approximate surface area is 142 Å². The maximum atomic E-state index is 11.1. The van der Waals surface area contributed by atoms with Crippen LogP contribution in [0.25, 0.3) is 0 Å². The molecule has 3 aliphatic rings. The predicted octanol–water partition coefficient (Wildman–Crippen LogP) is 1.03. The third-order valence-corrected chi connectivity index (χ3v) is 5.43. The van der Waals surface area contributed by atoms with Gasteiger partial charge in [0.25, 0.3) is 0 Å². The molecule has 0 spiro atoms. The number of fused-ring (bicyclic) bond motifs is 1. The van der Waals surface area contributed by atoms with Crippen LogP contribution in [0, 0.1) is 0 Å². The second-order valence-corrected chi connectivity index (χ2v) is 6.90. The van der Waals surface area contributed by atoms with Gasteiger partial charge in [-0.3, -0.25) is 4.90 Å². The lowest BCUT2D eigenvalue weighted by Crippen LogP contribution is -2.46. The molecule has 0 saturated carbocycles. The van der Waals surface area contributed by atoms with Crippen LogP contribution in [0.1, 0.15) is 18.4 Å². The van der Waals surface area contributed by atoms with Crippen LogP contribution in [0.15, 0.2) is 18.2 Å². The maximum absolute atomic E-state index is 11.1. The van der Waals surface area contributed by atoms with Crippen molar-refractivity contribution in [3.8, 4) is 11.5 Å². The van der Waals surface area contributed by atoms with Crippen molar-refractivity contribution < 1.29 is 19.3 Å². The highest BCUT2D eigenvalue weighted by Gasteiger charge is 2.35. The van der Waals surface area contributed by atoms with Crippen LogP contribution < -0.4 is 9.47 Å².